The Labute approximate surface area is 232 Å². The van der Waals surface area contributed by atoms with E-state index in [1.165, 1.54) is 30.5 Å². The molecule has 2 saturated carbocycles. The van der Waals surface area contributed by atoms with Crippen LogP contribution in [0.25, 0.3) is 0 Å². The Balaban J connectivity index is 1.33. The van der Waals surface area contributed by atoms with Crippen molar-refractivity contribution >= 4 is 40.6 Å². The predicted octanol–water partition coefficient (Wildman–Crippen LogP) is 3.85. The second kappa shape index (κ2) is 8.79. The minimum Gasteiger partial charge on any atom is -0.502 e. The summed E-state index contributed by atoms with van der Waals surface area (Å²) in [4.78, 5) is 45.3. The van der Waals surface area contributed by atoms with Gasteiger partial charge in [-0.05, 0) is 66.1 Å². The van der Waals surface area contributed by atoms with Crippen molar-refractivity contribution in [2.75, 3.05) is 26.2 Å². The number of hydrogen-bond acceptors (Lipinski definition) is 9. The molecule has 2 aromatic carbocycles. The number of benzene rings is 2. The van der Waals surface area contributed by atoms with Crippen molar-refractivity contribution in [3.05, 3.63) is 56.5 Å². The van der Waals surface area contributed by atoms with Crippen LogP contribution in [0.1, 0.15) is 22.8 Å². The second-order valence-corrected chi connectivity index (χ2v) is 12.6. The van der Waals surface area contributed by atoms with Crippen molar-refractivity contribution in [2.45, 2.75) is 22.6 Å². The van der Waals surface area contributed by atoms with Gasteiger partial charge in [0, 0.05) is 16.0 Å². The Morgan fingerprint density at radius 3 is 2.18 bits per heavy atom. The quantitative estimate of drug-likeness (QED) is 0.448. The van der Waals surface area contributed by atoms with Crippen LogP contribution in [0.15, 0.2) is 46.2 Å². The second-order valence-electron chi connectivity index (χ2n) is 10.4. The van der Waals surface area contributed by atoms with Gasteiger partial charge in [-0.15, -0.1) is 11.8 Å². The number of nitrogens with one attached hydrogen (secondary N) is 1. The fourth-order valence-corrected chi connectivity index (χ4v) is 10.4. The number of hydrogen-bond donors (Lipinski definition) is 2. The summed E-state index contributed by atoms with van der Waals surface area (Å²) >= 11 is 2.81. The maximum absolute atomic E-state index is 13.9. The third-order valence-corrected chi connectivity index (χ3v) is 11.5. The number of carbonyl (C=O) groups is 2. The van der Waals surface area contributed by atoms with Gasteiger partial charge in [0.1, 0.15) is 5.75 Å². The van der Waals surface area contributed by atoms with Crippen LogP contribution in [-0.4, -0.2) is 48.5 Å². The lowest BCUT2D eigenvalue weighted by atomic mass is 9.68. The maximum atomic E-state index is 13.9. The van der Waals surface area contributed by atoms with Crippen LogP contribution in [0, 0.1) is 29.6 Å². The van der Waals surface area contributed by atoms with Crippen LogP contribution < -0.4 is 24.0 Å². The number of aromatic nitrogens is 1. The largest absolute Gasteiger partial charge is 0.502 e. The van der Waals surface area contributed by atoms with E-state index in [2.05, 4.69) is 4.98 Å². The summed E-state index contributed by atoms with van der Waals surface area (Å²) in [6, 6.07) is 10.6. The van der Waals surface area contributed by atoms with E-state index >= 15 is 0 Å². The van der Waals surface area contributed by atoms with Crippen LogP contribution in [0.5, 0.6) is 23.0 Å². The average Bonchev–Trinajstić information content (AvgIpc) is 3.67. The molecule has 7 rings (SSSR count). The number of thiazole rings is 1. The van der Waals surface area contributed by atoms with E-state index in [1.54, 1.807) is 55.3 Å². The molecule has 7 atom stereocenters. The van der Waals surface area contributed by atoms with E-state index in [1.807, 2.05) is 0 Å². The van der Waals surface area contributed by atoms with Gasteiger partial charge in [-0.2, -0.15) is 0 Å². The molecule has 2 bridgehead atoms. The van der Waals surface area contributed by atoms with E-state index in [4.69, 9.17) is 14.2 Å². The number of H-pyrrole nitrogens is 1. The smallest absolute Gasteiger partial charge is 0.305 e. The third kappa shape index (κ3) is 3.35. The van der Waals surface area contributed by atoms with Crippen molar-refractivity contribution in [1.82, 2.24) is 4.98 Å². The Morgan fingerprint density at radius 1 is 0.923 bits per heavy atom. The van der Waals surface area contributed by atoms with E-state index in [0.29, 0.717) is 11.4 Å². The zero-order valence-electron chi connectivity index (χ0n) is 21.4. The fraction of sp³-hybridized carbons (Fsp3) is 0.393. The lowest BCUT2D eigenvalue weighted by Gasteiger charge is -2.43. The number of aromatic amines is 1. The van der Waals surface area contributed by atoms with Gasteiger partial charge in [-0.3, -0.25) is 19.3 Å². The molecule has 2 aliphatic carbocycles. The number of amides is 2. The lowest BCUT2D eigenvalue weighted by Crippen LogP contribution is -2.42. The molecule has 9 nitrogen and oxygen atoms in total. The van der Waals surface area contributed by atoms with Gasteiger partial charge in [0.25, 0.3) is 0 Å². The number of rotatable bonds is 5. The number of carbonyl (C=O) groups excluding carboxylic acids is 2. The molecule has 3 heterocycles. The number of ether oxygens (including phenoxy) is 3. The number of nitrogens with zero attached hydrogens (tertiary/aromatic N) is 1. The van der Waals surface area contributed by atoms with Gasteiger partial charge >= 0.3 is 4.87 Å². The van der Waals surface area contributed by atoms with Crippen LogP contribution in [0.3, 0.4) is 0 Å². The van der Waals surface area contributed by atoms with Crippen LogP contribution >= 0.6 is 23.1 Å². The van der Waals surface area contributed by atoms with Crippen molar-refractivity contribution < 1.29 is 28.9 Å². The molecule has 0 spiro atoms. The van der Waals surface area contributed by atoms with Crippen molar-refractivity contribution in [1.29, 1.82) is 0 Å². The molecule has 3 fully saturated rings. The molecule has 2 amide bonds. The molecule has 202 valence electrons. The standard InChI is InChI=1S/C28H26N2O7S2/c1-35-13-6-4-12(5-7-13)30-26(32)20-14-10-15(21(20)27(30)33)23-19(14)18(24-25(38-23)29-28(34)39-24)11-8-16(36-2)22(31)17(9-11)37-3/h4-9,14-15,18-21,23,31H,10H2,1-3H3,(H,29,34)/t14-,15-,18+,19+,20+,21+,23-/m1/s1. The predicted molar refractivity (Wildman–Crippen MR) is 145 cm³/mol. The van der Waals surface area contributed by atoms with Crippen LogP contribution in [0.2, 0.25) is 0 Å². The Hall–Kier alpha value is -3.44. The summed E-state index contributed by atoms with van der Waals surface area (Å²) in [5.41, 5.74) is 1.41. The highest BCUT2D eigenvalue weighted by atomic mass is 32.2. The van der Waals surface area contributed by atoms with Gasteiger partial charge in [-0.25, -0.2) is 0 Å². The highest BCUT2D eigenvalue weighted by Gasteiger charge is 2.69. The van der Waals surface area contributed by atoms with Gasteiger partial charge in [0.05, 0.1) is 43.9 Å². The Kier molecular flexibility index (Phi) is 5.54. The summed E-state index contributed by atoms with van der Waals surface area (Å²) in [5.74, 6) is -0.176. The van der Waals surface area contributed by atoms with Crippen LogP contribution in [-0.2, 0) is 9.59 Å². The first-order valence-electron chi connectivity index (χ1n) is 12.7. The first kappa shape index (κ1) is 24.6. The number of imide groups is 1. The minimum absolute atomic E-state index is 0.00894. The lowest BCUT2D eigenvalue weighted by molar-refractivity contribution is -0.123. The van der Waals surface area contributed by atoms with Gasteiger partial charge in [0.15, 0.2) is 11.5 Å². The highest BCUT2D eigenvalue weighted by Crippen LogP contribution is 2.69. The summed E-state index contributed by atoms with van der Waals surface area (Å²) < 4.78 is 16.1. The van der Waals surface area contributed by atoms with Crippen LogP contribution in [0.4, 0.5) is 5.69 Å². The first-order chi connectivity index (χ1) is 18.9. The molecule has 4 aliphatic rings. The van der Waals surface area contributed by atoms with Crippen molar-refractivity contribution in [3.63, 3.8) is 0 Å². The maximum Gasteiger partial charge on any atom is 0.305 e. The van der Waals surface area contributed by atoms with Crippen molar-refractivity contribution in [3.8, 4) is 23.0 Å². The molecular weight excluding hydrogens is 540 g/mol. The van der Waals surface area contributed by atoms with Gasteiger partial charge in [-0.1, -0.05) is 11.3 Å². The fourth-order valence-electron chi connectivity index (χ4n) is 7.47. The molecule has 3 aromatic rings. The molecular formula is C28H26N2O7S2. The normalized spacial score (nSPS) is 30.2. The monoisotopic (exact) mass is 566 g/mol. The number of anilines is 1. The average molecular weight is 567 g/mol. The first-order valence-corrected chi connectivity index (χ1v) is 14.4. The van der Waals surface area contributed by atoms with E-state index in [-0.39, 0.29) is 68.8 Å². The number of fused-ring (bicyclic) bond motifs is 9. The number of aromatic hydroxyl groups is 1. The molecule has 1 saturated heterocycles. The molecule has 0 unspecified atom stereocenters. The molecule has 11 heteroatoms. The topological polar surface area (TPSA) is 118 Å². The molecule has 2 N–H and O–H groups in total. The highest BCUT2D eigenvalue weighted by molar-refractivity contribution is 8.00. The number of methoxy groups -OCH3 is 3. The Bertz CT molecular complexity index is 1540. The molecule has 1 aromatic heterocycles. The zero-order valence-corrected chi connectivity index (χ0v) is 23.0. The zero-order chi connectivity index (χ0) is 27.2. The molecule has 0 radical (unpaired) electrons. The summed E-state index contributed by atoms with van der Waals surface area (Å²) in [6.07, 6.45) is 0.785. The van der Waals surface area contributed by atoms with E-state index in [9.17, 15) is 19.5 Å². The number of phenolic OH excluding ortho intramolecular Hbond substituents is 1. The Morgan fingerprint density at radius 2 is 1.56 bits per heavy atom. The van der Waals surface area contributed by atoms with Gasteiger partial charge < -0.3 is 24.3 Å². The molecule has 2 aliphatic heterocycles. The number of phenols is 1. The minimum atomic E-state index is -0.410. The summed E-state index contributed by atoms with van der Waals surface area (Å²) in [5, 5.41) is 11.4. The van der Waals surface area contributed by atoms with Crippen molar-refractivity contribution in [2.24, 2.45) is 29.6 Å². The third-order valence-electron chi connectivity index (χ3n) is 8.92. The number of thioether (sulfide) groups is 1. The van der Waals surface area contributed by atoms with E-state index in [0.717, 1.165) is 21.9 Å². The SMILES string of the molecule is COc1ccc(N2C(=O)[C@H]3[C@H]4C[C@@H]([C@@H]3C2=O)[C@H]2[C@H](c3cc(OC)c(O)c(OC)c3)c3sc(=O)[nH]c3S[C@H]42)cc1. The van der Waals surface area contributed by atoms with Gasteiger partial charge in [0.2, 0.25) is 17.6 Å². The summed E-state index contributed by atoms with van der Waals surface area (Å²) in [7, 11) is 4.54. The van der Waals surface area contributed by atoms with E-state index < -0.39 is 5.92 Å². The summed E-state index contributed by atoms with van der Waals surface area (Å²) in [6.45, 7) is 0. The molecule has 39 heavy (non-hydrogen) atoms.